The highest BCUT2D eigenvalue weighted by molar-refractivity contribution is 6.31. The summed E-state index contributed by atoms with van der Waals surface area (Å²) >= 11 is 6.09. The van der Waals surface area contributed by atoms with Gasteiger partial charge in [-0.2, -0.15) is 0 Å². The van der Waals surface area contributed by atoms with Crippen LogP contribution in [0.2, 0.25) is 5.02 Å². The maximum atomic E-state index is 13.2. The molecule has 2 aromatic rings. The summed E-state index contributed by atoms with van der Waals surface area (Å²) in [5, 5.41) is 3.78. The maximum absolute atomic E-state index is 13.2. The normalized spacial score (nSPS) is 10.2. The Morgan fingerprint density at radius 2 is 1.86 bits per heavy atom. The predicted octanol–water partition coefficient (Wildman–Crippen LogP) is 4.95. The van der Waals surface area contributed by atoms with Gasteiger partial charge < -0.3 is 19.7 Å². The van der Waals surface area contributed by atoms with E-state index in [1.807, 2.05) is 18.2 Å². The van der Waals surface area contributed by atoms with Gasteiger partial charge >= 0.3 is 0 Å². The lowest BCUT2D eigenvalue weighted by molar-refractivity contribution is 0.280. The van der Waals surface area contributed by atoms with E-state index in [0.717, 1.165) is 30.6 Å². The molecule has 0 aliphatic carbocycles. The molecular weight excluding hydrogens is 426 g/mol. The van der Waals surface area contributed by atoms with Crippen LogP contribution in [0.1, 0.15) is 17.5 Å². The second-order valence-corrected chi connectivity index (χ2v) is 6.71. The van der Waals surface area contributed by atoms with Crippen molar-refractivity contribution in [2.75, 3.05) is 34.3 Å². The molecule has 0 amide bonds. The number of methoxy groups -OCH3 is 1. The predicted molar refractivity (Wildman–Crippen MR) is 118 cm³/mol. The number of ether oxygens (including phenoxy) is 2. The molecule has 8 heteroatoms. The molecule has 0 atom stereocenters. The van der Waals surface area contributed by atoms with Crippen LogP contribution >= 0.6 is 36.4 Å². The minimum atomic E-state index is -0.362. The molecule has 0 bridgehead atoms. The van der Waals surface area contributed by atoms with E-state index in [-0.39, 0.29) is 37.2 Å². The molecule has 1 N–H and O–H groups in total. The molecular formula is C20H28Cl3FN2O2. The lowest BCUT2D eigenvalue weighted by atomic mass is 10.1. The SMILES string of the molecule is COc1cccc(CNCCCN(C)C)c1OCc1ccc(F)cc1Cl.Cl.Cl. The molecule has 0 aliphatic rings. The van der Waals surface area contributed by atoms with Crippen LogP contribution in [0.25, 0.3) is 0 Å². The number of hydrogen-bond acceptors (Lipinski definition) is 4. The first-order valence-corrected chi connectivity index (χ1v) is 8.97. The van der Waals surface area contributed by atoms with Crippen molar-refractivity contribution >= 4 is 36.4 Å². The first-order chi connectivity index (χ1) is 12.5. The van der Waals surface area contributed by atoms with Crippen molar-refractivity contribution in [1.29, 1.82) is 0 Å². The smallest absolute Gasteiger partial charge is 0.166 e. The second-order valence-electron chi connectivity index (χ2n) is 6.31. The van der Waals surface area contributed by atoms with E-state index in [1.54, 1.807) is 13.2 Å². The number of halogens is 4. The van der Waals surface area contributed by atoms with Gasteiger partial charge in [0.15, 0.2) is 11.5 Å². The lowest BCUT2D eigenvalue weighted by Gasteiger charge is -2.16. The molecule has 158 valence electrons. The summed E-state index contributed by atoms with van der Waals surface area (Å²) in [6.45, 7) is 2.88. The van der Waals surface area contributed by atoms with E-state index < -0.39 is 0 Å². The standard InChI is InChI=1S/C20H26ClFN2O2.2ClH/c1-24(2)11-5-10-23-13-15-6-4-7-19(25-3)20(15)26-14-16-8-9-17(22)12-18(16)21;;/h4,6-9,12,23H,5,10-11,13-14H2,1-3H3;2*1H. The quantitative estimate of drug-likeness (QED) is 0.516. The Hall–Kier alpha value is -1.24. The van der Waals surface area contributed by atoms with Gasteiger partial charge in [-0.3, -0.25) is 0 Å². The number of hydrogen-bond donors (Lipinski definition) is 1. The van der Waals surface area contributed by atoms with Gasteiger partial charge in [0.1, 0.15) is 12.4 Å². The van der Waals surface area contributed by atoms with Crippen molar-refractivity contribution in [3.63, 3.8) is 0 Å². The van der Waals surface area contributed by atoms with Gasteiger partial charge in [-0.15, -0.1) is 24.8 Å². The summed E-state index contributed by atoms with van der Waals surface area (Å²) in [5.74, 6) is 0.977. The average Bonchev–Trinajstić information content (AvgIpc) is 2.60. The number of nitrogens with one attached hydrogen (secondary N) is 1. The largest absolute Gasteiger partial charge is 0.493 e. The second kappa shape index (κ2) is 13.9. The number of nitrogens with zero attached hydrogens (tertiary/aromatic N) is 1. The summed E-state index contributed by atoms with van der Waals surface area (Å²) in [5.41, 5.74) is 1.73. The fourth-order valence-corrected chi connectivity index (χ4v) is 2.78. The Kier molecular flexibility index (Phi) is 13.2. The number of rotatable bonds is 10. The highest BCUT2D eigenvalue weighted by Gasteiger charge is 2.12. The zero-order chi connectivity index (χ0) is 18.9. The van der Waals surface area contributed by atoms with Crippen LogP contribution in [0.15, 0.2) is 36.4 Å². The molecule has 2 rings (SSSR count). The van der Waals surface area contributed by atoms with E-state index in [4.69, 9.17) is 21.1 Å². The summed E-state index contributed by atoms with van der Waals surface area (Å²) < 4.78 is 24.6. The summed E-state index contributed by atoms with van der Waals surface area (Å²) in [6.07, 6.45) is 1.07. The van der Waals surface area contributed by atoms with Crippen molar-refractivity contribution in [2.24, 2.45) is 0 Å². The third-order valence-electron chi connectivity index (χ3n) is 3.94. The van der Waals surface area contributed by atoms with E-state index in [1.165, 1.54) is 12.1 Å². The van der Waals surface area contributed by atoms with Gasteiger partial charge in [0.25, 0.3) is 0 Å². The molecule has 0 fully saturated rings. The highest BCUT2D eigenvalue weighted by atomic mass is 35.5. The minimum Gasteiger partial charge on any atom is -0.493 e. The fourth-order valence-electron chi connectivity index (χ4n) is 2.56. The molecule has 0 saturated heterocycles. The van der Waals surface area contributed by atoms with Crippen LogP contribution in [0, 0.1) is 5.82 Å². The van der Waals surface area contributed by atoms with Crippen LogP contribution in [0.3, 0.4) is 0 Å². The maximum Gasteiger partial charge on any atom is 0.166 e. The number of benzene rings is 2. The van der Waals surface area contributed by atoms with Crippen molar-refractivity contribution in [2.45, 2.75) is 19.6 Å². The average molecular weight is 454 g/mol. The van der Waals surface area contributed by atoms with Crippen molar-refractivity contribution < 1.29 is 13.9 Å². The van der Waals surface area contributed by atoms with Crippen molar-refractivity contribution in [1.82, 2.24) is 10.2 Å². The lowest BCUT2D eigenvalue weighted by Crippen LogP contribution is -2.21. The van der Waals surface area contributed by atoms with Crippen molar-refractivity contribution in [3.8, 4) is 11.5 Å². The van der Waals surface area contributed by atoms with Gasteiger partial charge in [0.2, 0.25) is 0 Å². The first-order valence-electron chi connectivity index (χ1n) is 8.59. The zero-order valence-corrected chi connectivity index (χ0v) is 18.7. The Morgan fingerprint density at radius 1 is 1.11 bits per heavy atom. The topological polar surface area (TPSA) is 33.7 Å². The van der Waals surface area contributed by atoms with Gasteiger partial charge in [0, 0.05) is 17.7 Å². The van der Waals surface area contributed by atoms with Gasteiger partial charge in [0.05, 0.1) is 12.1 Å². The number of para-hydroxylation sites is 1. The van der Waals surface area contributed by atoms with Crippen LogP contribution < -0.4 is 14.8 Å². The van der Waals surface area contributed by atoms with Crippen molar-refractivity contribution in [3.05, 3.63) is 58.4 Å². The molecule has 0 aromatic heterocycles. The monoisotopic (exact) mass is 452 g/mol. The molecule has 0 heterocycles. The molecule has 2 aromatic carbocycles. The molecule has 0 saturated carbocycles. The summed E-state index contributed by atoms with van der Waals surface area (Å²) in [4.78, 5) is 2.16. The van der Waals surface area contributed by atoms with Gasteiger partial charge in [-0.05, 0) is 51.8 Å². The highest BCUT2D eigenvalue weighted by Crippen LogP contribution is 2.32. The van der Waals surface area contributed by atoms with Crippen LogP contribution in [-0.2, 0) is 13.2 Å². The molecule has 4 nitrogen and oxygen atoms in total. The Bertz CT molecular complexity index is 718. The molecule has 0 unspecified atom stereocenters. The molecule has 0 aliphatic heterocycles. The van der Waals surface area contributed by atoms with Gasteiger partial charge in [-0.25, -0.2) is 4.39 Å². The van der Waals surface area contributed by atoms with Crippen LogP contribution in [0.4, 0.5) is 4.39 Å². The van der Waals surface area contributed by atoms with E-state index in [0.29, 0.717) is 23.1 Å². The molecule has 0 radical (unpaired) electrons. The Balaban J connectivity index is 0.00000364. The van der Waals surface area contributed by atoms with Gasteiger partial charge in [-0.1, -0.05) is 29.8 Å². The Labute approximate surface area is 184 Å². The van der Waals surface area contributed by atoms with Crippen LogP contribution in [-0.4, -0.2) is 39.2 Å². The summed E-state index contributed by atoms with van der Waals surface area (Å²) in [6, 6.07) is 10.1. The first kappa shape index (κ1) is 26.8. The molecule has 0 spiro atoms. The fraction of sp³-hybridized carbons (Fsp3) is 0.400. The van der Waals surface area contributed by atoms with E-state index >= 15 is 0 Å². The van der Waals surface area contributed by atoms with E-state index in [2.05, 4.69) is 24.3 Å². The van der Waals surface area contributed by atoms with E-state index in [9.17, 15) is 4.39 Å². The third kappa shape index (κ3) is 8.41. The molecule has 28 heavy (non-hydrogen) atoms. The minimum absolute atomic E-state index is 0. The Morgan fingerprint density at radius 3 is 2.50 bits per heavy atom. The summed E-state index contributed by atoms with van der Waals surface area (Å²) in [7, 11) is 5.74. The zero-order valence-electron chi connectivity index (χ0n) is 16.3. The third-order valence-corrected chi connectivity index (χ3v) is 4.29. The van der Waals surface area contributed by atoms with Crippen LogP contribution in [0.5, 0.6) is 11.5 Å².